The van der Waals surface area contributed by atoms with Crippen molar-refractivity contribution in [3.05, 3.63) is 42.0 Å². The molecule has 0 fully saturated rings. The number of aromatic amines is 1. The van der Waals surface area contributed by atoms with Gasteiger partial charge in [0.05, 0.1) is 5.52 Å². The minimum Gasteiger partial charge on any atom is -0.508 e. The molecule has 74 valence electrons. The lowest BCUT2D eigenvalue weighted by Crippen LogP contribution is -1.70. The molecule has 3 rings (SSSR count). The zero-order valence-electron chi connectivity index (χ0n) is 8.41. The molecule has 0 aliphatic rings. The number of nitrogens with one attached hydrogen (secondary N) is 1. The fraction of sp³-hybridized carbons (Fsp3) is 0.0769. The number of H-pyrrole nitrogens is 1. The first-order valence-electron chi connectivity index (χ1n) is 4.95. The Hall–Kier alpha value is -1.96. The van der Waals surface area contributed by atoms with Gasteiger partial charge in [0, 0.05) is 22.4 Å². The smallest absolute Gasteiger partial charge is 0.117 e. The van der Waals surface area contributed by atoms with E-state index in [2.05, 4.69) is 30.1 Å². The molecule has 0 saturated heterocycles. The van der Waals surface area contributed by atoms with E-state index in [1.54, 1.807) is 12.1 Å². The highest BCUT2D eigenvalue weighted by molar-refractivity contribution is 6.07. The summed E-state index contributed by atoms with van der Waals surface area (Å²) in [6, 6.07) is 11.7. The molecule has 0 aliphatic carbocycles. The lowest BCUT2D eigenvalue weighted by atomic mass is 10.1. The summed E-state index contributed by atoms with van der Waals surface area (Å²) in [6.45, 7) is 2.07. The van der Waals surface area contributed by atoms with Gasteiger partial charge in [0.1, 0.15) is 5.75 Å². The molecule has 3 aromatic rings. The average molecular weight is 197 g/mol. The van der Waals surface area contributed by atoms with Crippen LogP contribution in [0.2, 0.25) is 0 Å². The molecule has 0 unspecified atom stereocenters. The summed E-state index contributed by atoms with van der Waals surface area (Å²) in [4.78, 5) is 3.30. The lowest BCUT2D eigenvalue weighted by Gasteiger charge is -1.93. The number of aromatic nitrogens is 1. The monoisotopic (exact) mass is 197 g/mol. The van der Waals surface area contributed by atoms with E-state index in [1.165, 1.54) is 10.9 Å². The van der Waals surface area contributed by atoms with Gasteiger partial charge in [-0.25, -0.2) is 0 Å². The largest absolute Gasteiger partial charge is 0.508 e. The SMILES string of the molecule is Cc1ccc2c(c1)[nH]c1cc(O)ccc12. The third-order valence-electron chi connectivity index (χ3n) is 2.74. The Morgan fingerprint density at radius 2 is 1.60 bits per heavy atom. The Bertz CT molecular complexity index is 596. The van der Waals surface area contributed by atoms with Gasteiger partial charge < -0.3 is 10.1 Å². The van der Waals surface area contributed by atoms with Crippen molar-refractivity contribution in [3.8, 4) is 5.75 Å². The lowest BCUT2D eigenvalue weighted by molar-refractivity contribution is 0.476. The predicted octanol–water partition coefficient (Wildman–Crippen LogP) is 3.34. The Balaban J connectivity index is 2.51. The second kappa shape index (κ2) is 2.76. The van der Waals surface area contributed by atoms with Crippen LogP contribution in [0.1, 0.15) is 5.56 Å². The molecular formula is C13H11NO. The Morgan fingerprint density at radius 3 is 2.40 bits per heavy atom. The molecule has 0 radical (unpaired) electrons. The van der Waals surface area contributed by atoms with Crippen molar-refractivity contribution in [2.24, 2.45) is 0 Å². The number of aryl methyl sites for hydroxylation is 1. The van der Waals surface area contributed by atoms with E-state index in [0.29, 0.717) is 5.75 Å². The van der Waals surface area contributed by atoms with E-state index in [0.717, 1.165) is 16.4 Å². The number of benzene rings is 2. The van der Waals surface area contributed by atoms with Crippen LogP contribution in [-0.2, 0) is 0 Å². The average Bonchev–Trinajstić information content (AvgIpc) is 2.53. The molecule has 2 aromatic carbocycles. The normalized spacial score (nSPS) is 11.3. The van der Waals surface area contributed by atoms with Gasteiger partial charge >= 0.3 is 0 Å². The molecule has 0 saturated carbocycles. The number of hydrogen-bond acceptors (Lipinski definition) is 1. The van der Waals surface area contributed by atoms with Gasteiger partial charge in [0.25, 0.3) is 0 Å². The van der Waals surface area contributed by atoms with Crippen LogP contribution in [0.3, 0.4) is 0 Å². The summed E-state index contributed by atoms with van der Waals surface area (Å²) < 4.78 is 0. The number of rotatable bonds is 0. The van der Waals surface area contributed by atoms with Crippen LogP contribution in [0.5, 0.6) is 5.75 Å². The fourth-order valence-electron chi connectivity index (χ4n) is 2.01. The van der Waals surface area contributed by atoms with Crippen molar-refractivity contribution < 1.29 is 5.11 Å². The summed E-state index contributed by atoms with van der Waals surface area (Å²) in [5, 5.41) is 11.7. The van der Waals surface area contributed by atoms with Crippen molar-refractivity contribution in [1.82, 2.24) is 4.98 Å². The molecule has 0 bridgehead atoms. The summed E-state index contributed by atoms with van der Waals surface area (Å²) >= 11 is 0. The van der Waals surface area contributed by atoms with Crippen molar-refractivity contribution in [2.45, 2.75) is 6.92 Å². The molecule has 15 heavy (non-hydrogen) atoms. The third-order valence-corrected chi connectivity index (χ3v) is 2.74. The second-order valence-corrected chi connectivity index (χ2v) is 3.90. The Kier molecular flexibility index (Phi) is 1.54. The highest BCUT2D eigenvalue weighted by Gasteiger charge is 2.04. The van der Waals surface area contributed by atoms with E-state index in [-0.39, 0.29) is 0 Å². The van der Waals surface area contributed by atoms with E-state index in [1.807, 2.05) is 6.07 Å². The first-order valence-corrected chi connectivity index (χ1v) is 4.95. The first kappa shape index (κ1) is 8.36. The van der Waals surface area contributed by atoms with Gasteiger partial charge in [-0.2, -0.15) is 0 Å². The number of aromatic hydroxyl groups is 1. The minimum absolute atomic E-state index is 0.297. The number of phenols is 1. The molecule has 1 aromatic heterocycles. The molecule has 2 N–H and O–H groups in total. The first-order chi connectivity index (χ1) is 7.24. The van der Waals surface area contributed by atoms with Crippen LogP contribution in [0, 0.1) is 6.92 Å². The molecule has 0 atom stereocenters. The summed E-state index contributed by atoms with van der Waals surface area (Å²) in [7, 11) is 0. The fourth-order valence-corrected chi connectivity index (χ4v) is 2.01. The highest BCUT2D eigenvalue weighted by atomic mass is 16.3. The zero-order chi connectivity index (χ0) is 10.4. The number of fused-ring (bicyclic) bond motifs is 3. The minimum atomic E-state index is 0.297. The van der Waals surface area contributed by atoms with Crippen LogP contribution >= 0.6 is 0 Å². The highest BCUT2D eigenvalue weighted by Crippen LogP contribution is 2.28. The maximum atomic E-state index is 9.39. The molecule has 1 heterocycles. The zero-order valence-corrected chi connectivity index (χ0v) is 8.41. The van der Waals surface area contributed by atoms with Gasteiger partial charge in [0.15, 0.2) is 0 Å². The van der Waals surface area contributed by atoms with Gasteiger partial charge in [-0.15, -0.1) is 0 Å². The maximum Gasteiger partial charge on any atom is 0.117 e. The van der Waals surface area contributed by atoms with E-state index < -0.39 is 0 Å². The predicted molar refractivity (Wildman–Crippen MR) is 62.2 cm³/mol. The Labute approximate surface area is 87.2 Å². The van der Waals surface area contributed by atoms with Crippen molar-refractivity contribution in [2.75, 3.05) is 0 Å². The second-order valence-electron chi connectivity index (χ2n) is 3.90. The van der Waals surface area contributed by atoms with E-state index in [4.69, 9.17) is 0 Å². The van der Waals surface area contributed by atoms with Crippen LogP contribution in [0.15, 0.2) is 36.4 Å². The van der Waals surface area contributed by atoms with Crippen LogP contribution < -0.4 is 0 Å². The van der Waals surface area contributed by atoms with E-state index >= 15 is 0 Å². The molecular weight excluding hydrogens is 186 g/mol. The van der Waals surface area contributed by atoms with Crippen LogP contribution in [0.4, 0.5) is 0 Å². The molecule has 0 spiro atoms. The van der Waals surface area contributed by atoms with Gasteiger partial charge in [-0.1, -0.05) is 12.1 Å². The standard InChI is InChI=1S/C13H11NO/c1-8-2-4-10-11-5-3-9(15)7-13(11)14-12(10)6-8/h2-7,14-15H,1H3. The van der Waals surface area contributed by atoms with Crippen molar-refractivity contribution in [1.29, 1.82) is 0 Å². The van der Waals surface area contributed by atoms with Gasteiger partial charge in [-0.3, -0.25) is 0 Å². The molecule has 2 nitrogen and oxygen atoms in total. The van der Waals surface area contributed by atoms with Crippen LogP contribution in [-0.4, -0.2) is 10.1 Å². The summed E-state index contributed by atoms with van der Waals surface area (Å²) in [5.41, 5.74) is 3.34. The summed E-state index contributed by atoms with van der Waals surface area (Å²) in [6.07, 6.45) is 0. The maximum absolute atomic E-state index is 9.39. The molecule has 0 amide bonds. The van der Waals surface area contributed by atoms with Gasteiger partial charge in [-0.05, 0) is 30.7 Å². The topological polar surface area (TPSA) is 36.0 Å². The third kappa shape index (κ3) is 1.18. The quantitative estimate of drug-likeness (QED) is 0.569. The number of phenolic OH excluding ortho intramolecular Hbond substituents is 1. The molecule has 2 heteroatoms. The molecule has 0 aliphatic heterocycles. The van der Waals surface area contributed by atoms with Crippen molar-refractivity contribution in [3.63, 3.8) is 0 Å². The number of hydrogen-bond donors (Lipinski definition) is 2. The Morgan fingerprint density at radius 1 is 0.933 bits per heavy atom. The van der Waals surface area contributed by atoms with E-state index in [9.17, 15) is 5.11 Å². The van der Waals surface area contributed by atoms with Gasteiger partial charge in [0.2, 0.25) is 0 Å². The van der Waals surface area contributed by atoms with Crippen LogP contribution in [0.25, 0.3) is 21.8 Å². The summed E-state index contributed by atoms with van der Waals surface area (Å²) in [5.74, 6) is 0.297. The van der Waals surface area contributed by atoms with Crippen molar-refractivity contribution >= 4 is 21.8 Å².